The molecule has 0 saturated heterocycles. The molecule has 0 atom stereocenters. The average Bonchev–Trinajstić information content (AvgIpc) is 3.14. The van der Waals surface area contributed by atoms with Crippen LogP contribution in [0.1, 0.15) is 37.4 Å². The van der Waals surface area contributed by atoms with Crippen LogP contribution in [0.3, 0.4) is 0 Å². The van der Waals surface area contributed by atoms with Crippen molar-refractivity contribution in [2.24, 2.45) is 0 Å². The summed E-state index contributed by atoms with van der Waals surface area (Å²) in [6, 6.07) is 20.6. The highest BCUT2D eigenvalue weighted by molar-refractivity contribution is 5.60. The molecule has 0 bridgehead atoms. The molecule has 0 saturated carbocycles. The normalized spacial score (nSPS) is 11.0. The fraction of sp³-hybridized carbons (Fsp3) is 0.391. The summed E-state index contributed by atoms with van der Waals surface area (Å²) in [5.74, 6) is 0. The number of nitrogens with one attached hydrogen (secondary N) is 1. The molecule has 0 amide bonds. The summed E-state index contributed by atoms with van der Waals surface area (Å²) >= 11 is 0. The van der Waals surface area contributed by atoms with Gasteiger partial charge in [0.25, 0.3) is 0 Å². The highest BCUT2D eigenvalue weighted by Gasteiger charge is 2.13. The number of hydrogen-bond donors (Lipinski definition) is 1. The van der Waals surface area contributed by atoms with Gasteiger partial charge in [0.15, 0.2) is 0 Å². The van der Waals surface area contributed by atoms with E-state index in [1.807, 2.05) is 36.4 Å². The number of benzene rings is 2. The van der Waals surface area contributed by atoms with Crippen molar-refractivity contribution >= 4 is 0 Å². The highest BCUT2D eigenvalue weighted by Crippen LogP contribution is 2.20. The van der Waals surface area contributed by atoms with E-state index in [1.54, 1.807) is 4.80 Å². The fourth-order valence-corrected chi connectivity index (χ4v) is 2.99. The molecule has 148 valence electrons. The topological polar surface area (TPSA) is 52.0 Å². The van der Waals surface area contributed by atoms with Crippen LogP contribution in [0.15, 0.2) is 60.7 Å². The van der Waals surface area contributed by atoms with Crippen molar-refractivity contribution in [3.8, 4) is 11.3 Å². The lowest BCUT2D eigenvalue weighted by Crippen LogP contribution is -2.17. The van der Waals surface area contributed by atoms with E-state index in [9.17, 15) is 0 Å². The van der Waals surface area contributed by atoms with Crippen LogP contribution in [0.2, 0.25) is 0 Å². The van der Waals surface area contributed by atoms with E-state index in [4.69, 9.17) is 14.9 Å². The maximum atomic E-state index is 5.62. The Labute approximate surface area is 167 Å². The minimum atomic E-state index is 0.673. The summed E-state index contributed by atoms with van der Waals surface area (Å²) in [7, 11) is 0. The van der Waals surface area contributed by atoms with Crippen LogP contribution >= 0.6 is 0 Å². The summed E-state index contributed by atoms with van der Waals surface area (Å²) in [5, 5.41) is 13.0. The number of ether oxygens (including phenoxy) is 1. The van der Waals surface area contributed by atoms with Crippen molar-refractivity contribution in [3.05, 3.63) is 71.9 Å². The number of nitrogens with zero attached hydrogens (tertiary/aromatic N) is 3. The van der Waals surface area contributed by atoms with Crippen LogP contribution in [-0.4, -0.2) is 34.8 Å². The van der Waals surface area contributed by atoms with Gasteiger partial charge in [-0.3, -0.25) is 0 Å². The van der Waals surface area contributed by atoms with E-state index < -0.39 is 0 Å². The Hall–Kier alpha value is -2.50. The molecule has 0 fully saturated rings. The van der Waals surface area contributed by atoms with Crippen molar-refractivity contribution in [2.45, 2.75) is 39.3 Å². The fourth-order valence-electron chi connectivity index (χ4n) is 2.99. The van der Waals surface area contributed by atoms with Gasteiger partial charge in [-0.05, 0) is 24.9 Å². The Morgan fingerprint density at radius 1 is 0.893 bits per heavy atom. The van der Waals surface area contributed by atoms with Gasteiger partial charge in [0.1, 0.15) is 11.4 Å². The van der Waals surface area contributed by atoms with Gasteiger partial charge in [-0.2, -0.15) is 15.0 Å². The van der Waals surface area contributed by atoms with Crippen molar-refractivity contribution in [2.75, 3.05) is 19.8 Å². The molecule has 0 unspecified atom stereocenters. The van der Waals surface area contributed by atoms with E-state index in [0.717, 1.165) is 49.6 Å². The lowest BCUT2D eigenvalue weighted by molar-refractivity contribution is 0.128. The molecule has 0 aliphatic rings. The molecule has 5 nitrogen and oxygen atoms in total. The van der Waals surface area contributed by atoms with Crippen LogP contribution in [0.25, 0.3) is 11.3 Å². The minimum Gasteiger partial charge on any atom is -0.381 e. The van der Waals surface area contributed by atoms with E-state index >= 15 is 0 Å². The molecule has 1 heterocycles. The van der Waals surface area contributed by atoms with E-state index in [0.29, 0.717) is 13.1 Å². The van der Waals surface area contributed by atoms with Crippen molar-refractivity contribution in [1.29, 1.82) is 0 Å². The van der Waals surface area contributed by atoms with Crippen LogP contribution < -0.4 is 5.32 Å². The molecule has 1 aromatic heterocycles. The van der Waals surface area contributed by atoms with Gasteiger partial charge in [-0.15, -0.1) is 0 Å². The third-order valence-electron chi connectivity index (χ3n) is 4.52. The van der Waals surface area contributed by atoms with Crippen LogP contribution in [-0.2, 0) is 17.8 Å². The summed E-state index contributed by atoms with van der Waals surface area (Å²) in [6.07, 6.45) is 3.32. The third-order valence-corrected chi connectivity index (χ3v) is 4.52. The largest absolute Gasteiger partial charge is 0.381 e. The van der Waals surface area contributed by atoms with Crippen LogP contribution in [0.5, 0.6) is 0 Å². The molecule has 2 aromatic carbocycles. The predicted molar refractivity (Wildman–Crippen MR) is 113 cm³/mol. The maximum Gasteiger partial charge on any atom is 0.117 e. The number of aromatic nitrogens is 3. The lowest BCUT2D eigenvalue weighted by Gasteiger charge is -2.05. The van der Waals surface area contributed by atoms with Crippen LogP contribution in [0.4, 0.5) is 0 Å². The first kappa shape index (κ1) is 20.2. The molecule has 3 aromatic rings. The van der Waals surface area contributed by atoms with Gasteiger partial charge in [-0.25, -0.2) is 0 Å². The van der Waals surface area contributed by atoms with Crippen molar-refractivity contribution in [3.63, 3.8) is 0 Å². The van der Waals surface area contributed by atoms with Gasteiger partial charge >= 0.3 is 0 Å². The first-order chi connectivity index (χ1) is 13.9. The Balaban J connectivity index is 1.60. The molecule has 3 rings (SSSR count). The summed E-state index contributed by atoms with van der Waals surface area (Å²) in [5.41, 5.74) is 4.22. The number of rotatable bonds is 12. The monoisotopic (exact) mass is 378 g/mol. The van der Waals surface area contributed by atoms with Gasteiger partial charge in [0.2, 0.25) is 0 Å². The van der Waals surface area contributed by atoms with Gasteiger partial charge < -0.3 is 10.1 Å². The molecule has 0 spiro atoms. The van der Waals surface area contributed by atoms with E-state index in [1.165, 1.54) is 12.0 Å². The SMILES string of the molecule is CCCCOCCCNCc1nn(Cc2ccccc2)nc1-c1ccccc1. The lowest BCUT2D eigenvalue weighted by atomic mass is 10.1. The number of unbranched alkanes of at least 4 members (excludes halogenated alkanes) is 1. The molecule has 28 heavy (non-hydrogen) atoms. The Kier molecular flexibility index (Phi) is 8.22. The van der Waals surface area contributed by atoms with Crippen LogP contribution in [0, 0.1) is 0 Å². The second kappa shape index (κ2) is 11.4. The first-order valence-corrected chi connectivity index (χ1v) is 10.2. The summed E-state index contributed by atoms with van der Waals surface area (Å²) < 4.78 is 5.62. The quantitative estimate of drug-likeness (QED) is 0.478. The molecule has 5 heteroatoms. The van der Waals surface area contributed by atoms with Gasteiger partial charge in [0.05, 0.1) is 6.54 Å². The average molecular weight is 379 g/mol. The van der Waals surface area contributed by atoms with Crippen molar-refractivity contribution in [1.82, 2.24) is 20.3 Å². The second-order valence-electron chi connectivity index (χ2n) is 6.87. The molecular formula is C23H30N4O. The van der Waals surface area contributed by atoms with E-state index in [2.05, 4.69) is 36.5 Å². The zero-order valence-corrected chi connectivity index (χ0v) is 16.7. The highest BCUT2D eigenvalue weighted by atomic mass is 16.5. The smallest absolute Gasteiger partial charge is 0.117 e. The zero-order valence-electron chi connectivity index (χ0n) is 16.7. The zero-order chi connectivity index (χ0) is 19.4. The Morgan fingerprint density at radius 2 is 1.61 bits per heavy atom. The van der Waals surface area contributed by atoms with Gasteiger partial charge in [-0.1, -0.05) is 74.0 Å². The number of hydrogen-bond acceptors (Lipinski definition) is 4. The molecule has 1 N–H and O–H groups in total. The molecular weight excluding hydrogens is 348 g/mol. The Bertz CT molecular complexity index is 802. The molecule has 0 radical (unpaired) electrons. The van der Waals surface area contributed by atoms with Crippen molar-refractivity contribution < 1.29 is 4.74 Å². The maximum absolute atomic E-state index is 5.62. The van der Waals surface area contributed by atoms with Gasteiger partial charge in [0, 0.05) is 25.3 Å². The van der Waals surface area contributed by atoms with E-state index in [-0.39, 0.29) is 0 Å². The standard InChI is InChI=1S/C23H30N4O/c1-2-3-16-28-17-10-15-24-18-22-23(21-13-8-5-9-14-21)26-27(25-22)19-20-11-6-4-7-12-20/h4-9,11-14,24H,2-3,10,15-19H2,1H3. The molecule has 0 aliphatic heterocycles. The summed E-state index contributed by atoms with van der Waals surface area (Å²) in [6.45, 7) is 6.13. The first-order valence-electron chi connectivity index (χ1n) is 10.2. The second-order valence-corrected chi connectivity index (χ2v) is 6.87. The Morgan fingerprint density at radius 3 is 2.36 bits per heavy atom. The predicted octanol–water partition coefficient (Wildman–Crippen LogP) is 4.29. The minimum absolute atomic E-state index is 0.673. The summed E-state index contributed by atoms with van der Waals surface area (Å²) in [4.78, 5) is 1.79. The molecule has 0 aliphatic carbocycles. The third kappa shape index (κ3) is 6.29.